The van der Waals surface area contributed by atoms with E-state index in [1.807, 2.05) is 6.92 Å². The minimum atomic E-state index is -1.05. The smallest absolute Gasteiger partial charge is 0.255 e. The lowest BCUT2D eigenvalue weighted by Crippen LogP contribution is -2.49. The summed E-state index contributed by atoms with van der Waals surface area (Å²) < 4.78 is 21.5. The van der Waals surface area contributed by atoms with Gasteiger partial charge in [-0.2, -0.15) is 0 Å². The van der Waals surface area contributed by atoms with E-state index in [0.717, 1.165) is 12.8 Å². The number of aryl methyl sites for hydroxylation is 2. The lowest BCUT2D eigenvalue weighted by molar-refractivity contribution is -0.129. The molecule has 2 fully saturated rings. The van der Waals surface area contributed by atoms with Crippen molar-refractivity contribution in [3.8, 4) is 17.0 Å². The lowest BCUT2D eigenvalue weighted by atomic mass is 9.82. The van der Waals surface area contributed by atoms with Crippen LogP contribution in [-0.2, 0) is 4.79 Å². The van der Waals surface area contributed by atoms with Gasteiger partial charge >= 0.3 is 0 Å². The molecule has 0 aliphatic heterocycles. The highest BCUT2D eigenvalue weighted by Gasteiger charge is 2.32. The van der Waals surface area contributed by atoms with E-state index in [2.05, 4.69) is 25.6 Å². The molecular formula is C29H36FN5O4. The molecule has 2 aromatic heterocycles. The summed E-state index contributed by atoms with van der Waals surface area (Å²) in [6, 6.07) is 3.35. The van der Waals surface area contributed by atoms with Gasteiger partial charge in [0.25, 0.3) is 5.91 Å². The van der Waals surface area contributed by atoms with Crippen LogP contribution in [0.15, 0.2) is 18.5 Å². The molecule has 208 valence electrons. The third-order valence-corrected chi connectivity index (χ3v) is 7.92. The molecule has 0 radical (unpaired) electrons. The van der Waals surface area contributed by atoms with E-state index in [0.29, 0.717) is 71.1 Å². The number of hydrogen-bond acceptors (Lipinski definition) is 6. The highest BCUT2D eigenvalue weighted by Crippen LogP contribution is 2.39. The van der Waals surface area contributed by atoms with Crippen molar-refractivity contribution >= 4 is 22.8 Å². The third kappa shape index (κ3) is 5.61. The van der Waals surface area contributed by atoms with Gasteiger partial charge in [0.2, 0.25) is 5.91 Å². The summed E-state index contributed by atoms with van der Waals surface area (Å²) in [5, 5.41) is 15.5. The van der Waals surface area contributed by atoms with Crippen LogP contribution >= 0.6 is 0 Å². The standard InChI is InChI=1S/C29H36FN5O4/c1-14-5-10-21(39-12-18-6-7-18)23(24(14)30)26-27-25(31-13-32-26)22(16(3)33-27)29(38)35-20-9-8-19(11-15(20)2)34-28(37)17(4)36/h5,10,13,15,17-20,33,36H,6-9,11-12H2,1-4H3,(H,34,37)(H,35,38)/t15-,17+,19-,20+/m1/s1. The summed E-state index contributed by atoms with van der Waals surface area (Å²) in [6.07, 6.45) is 4.62. The van der Waals surface area contributed by atoms with Crippen LogP contribution in [0.4, 0.5) is 4.39 Å². The summed E-state index contributed by atoms with van der Waals surface area (Å²) in [5.41, 5.74) is 3.03. The Hall–Kier alpha value is -3.53. The number of aliphatic hydroxyl groups excluding tert-OH is 1. The van der Waals surface area contributed by atoms with Gasteiger partial charge in [-0.1, -0.05) is 13.0 Å². The molecule has 0 saturated heterocycles. The van der Waals surface area contributed by atoms with E-state index < -0.39 is 11.9 Å². The second-order valence-electron chi connectivity index (χ2n) is 11.1. The van der Waals surface area contributed by atoms with Gasteiger partial charge in [0.1, 0.15) is 35.2 Å². The van der Waals surface area contributed by atoms with Crippen LogP contribution in [0.1, 0.15) is 67.6 Å². The van der Waals surface area contributed by atoms with Gasteiger partial charge < -0.3 is 25.5 Å². The molecule has 0 unspecified atom stereocenters. The first-order chi connectivity index (χ1) is 18.6. The molecule has 0 spiro atoms. The number of amides is 2. The lowest BCUT2D eigenvalue weighted by Gasteiger charge is -2.35. The zero-order chi connectivity index (χ0) is 27.8. The van der Waals surface area contributed by atoms with Gasteiger partial charge in [-0.15, -0.1) is 0 Å². The minimum absolute atomic E-state index is 0.0408. The fourth-order valence-corrected chi connectivity index (χ4v) is 5.39. The molecule has 2 saturated carbocycles. The molecule has 9 nitrogen and oxygen atoms in total. The van der Waals surface area contributed by atoms with Gasteiger partial charge in [0, 0.05) is 17.8 Å². The number of halogens is 1. The fourth-order valence-electron chi connectivity index (χ4n) is 5.39. The quantitative estimate of drug-likeness (QED) is 0.344. The fraction of sp³-hybridized carbons (Fsp3) is 0.517. The van der Waals surface area contributed by atoms with Crippen molar-refractivity contribution in [1.29, 1.82) is 0 Å². The van der Waals surface area contributed by atoms with Crippen LogP contribution in [-0.4, -0.2) is 56.7 Å². The normalized spacial score (nSPS) is 21.9. The first-order valence-electron chi connectivity index (χ1n) is 13.7. The summed E-state index contributed by atoms with van der Waals surface area (Å²) in [4.78, 5) is 37.5. The number of aromatic amines is 1. The maximum atomic E-state index is 15.5. The predicted octanol–water partition coefficient (Wildman–Crippen LogP) is 3.95. The molecule has 4 N–H and O–H groups in total. The van der Waals surface area contributed by atoms with Crippen LogP contribution in [0.25, 0.3) is 22.3 Å². The first kappa shape index (κ1) is 27.1. The number of rotatable bonds is 8. The molecule has 4 atom stereocenters. The maximum Gasteiger partial charge on any atom is 0.255 e. The Kier molecular flexibility index (Phi) is 7.57. The number of nitrogens with zero attached hydrogens (tertiary/aromatic N) is 2. The van der Waals surface area contributed by atoms with Crippen molar-refractivity contribution in [2.75, 3.05) is 6.61 Å². The molecule has 2 aliphatic rings. The van der Waals surface area contributed by atoms with Crippen LogP contribution in [0, 0.1) is 31.5 Å². The third-order valence-electron chi connectivity index (χ3n) is 7.92. The average molecular weight is 538 g/mol. The number of benzene rings is 1. The van der Waals surface area contributed by atoms with E-state index in [4.69, 9.17) is 4.74 Å². The van der Waals surface area contributed by atoms with Crippen LogP contribution in [0.3, 0.4) is 0 Å². The largest absolute Gasteiger partial charge is 0.492 e. The Bertz CT molecular complexity index is 1400. The van der Waals surface area contributed by atoms with E-state index in [1.165, 1.54) is 13.3 Å². The molecule has 10 heteroatoms. The zero-order valence-corrected chi connectivity index (χ0v) is 22.8. The van der Waals surface area contributed by atoms with Crippen LogP contribution in [0.5, 0.6) is 5.75 Å². The van der Waals surface area contributed by atoms with Crippen LogP contribution in [0.2, 0.25) is 0 Å². The zero-order valence-electron chi connectivity index (χ0n) is 22.8. The number of fused-ring (bicyclic) bond motifs is 1. The summed E-state index contributed by atoms with van der Waals surface area (Å²) in [6.45, 7) is 7.51. The van der Waals surface area contributed by atoms with E-state index in [9.17, 15) is 14.7 Å². The summed E-state index contributed by atoms with van der Waals surface area (Å²) in [5.74, 6) is -0.00777. The van der Waals surface area contributed by atoms with Crippen molar-refractivity contribution in [2.45, 2.75) is 78.0 Å². The number of aromatic nitrogens is 3. The molecule has 39 heavy (non-hydrogen) atoms. The second kappa shape index (κ2) is 10.9. The molecule has 2 heterocycles. The van der Waals surface area contributed by atoms with Gasteiger partial charge in [0.15, 0.2) is 0 Å². The number of H-pyrrole nitrogens is 1. The Morgan fingerprint density at radius 3 is 2.64 bits per heavy atom. The highest BCUT2D eigenvalue weighted by molar-refractivity contribution is 6.09. The molecular weight excluding hydrogens is 501 g/mol. The van der Waals surface area contributed by atoms with Gasteiger partial charge in [-0.3, -0.25) is 9.59 Å². The Labute approximate surface area is 227 Å². The summed E-state index contributed by atoms with van der Waals surface area (Å²) >= 11 is 0. The van der Waals surface area contributed by atoms with Crippen LogP contribution < -0.4 is 15.4 Å². The van der Waals surface area contributed by atoms with Crippen molar-refractivity contribution < 1.29 is 23.8 Å². The highest BCUT2D eigenvalue weighted by atomic mass is 19.1. The van der Waals surface area contributed by atoms with E-state index in [1.54, 1.807) is 26.0 Å². The Morgan fingerprint density at radius 2 is 1.95 bits per heavy atom. The number of nitrogens with one attached hydrogen (secondary N) is 3. The molecule has 5 rings (SSSR count). The van der Waals surface area contributed by atoms with Gasteiger partial charge in [0.05, 0.1) is 23.3 Å². The number of aliphatic hydroxyl groups is 1. The molecule has 2 amide bonds. The molecule has 2 aliphatic carbocycles. The van der Waals surface area contributed by atoms with Crippen molar-refractivity contribution in [3.63, 3.8) is 0 Å². The minimum Gasteiger partial charge on any atom is -0.492 e. The topological polar surface area (TPSA) is 129 Å². The molecule has 0 bridgehead atoms. The monoisotopic (exact) mass is 537 g/mol. The number of carbonyl (C=O) groups excluding carboxylic acids is 2. The van der Waals surface area contributed by atoms with E-state index in [-0.39, 0.29) is 35.4 Å². The van der Waals surface area contributed by atoms with E-state index >= 15 is 4.39 Å². The SMILES string of the molecule is Cc1ccc(OCC2CC2)c(-c2ncnc3c(C(=O)N[C@H]4CC[C@@H](NC(=O)[C@H](C)O)C[C@H]4C)c(C)[nH]c23)c1F. The van der Waals surface area contributed by atoms with Gasteiger partial charge in [-0.25, -0.2) is 14.4 Å². The number of carbonyl (C=O) groups is 2. The number of ether oxygens (including phenoxy) is 1. The Balaban J connectivity index is 1.40. The predicted molar refractivity (Wildman–Crippen MR) is 145 cm³/mol. The molecule has 3 aromatic rings. The number of hydrogen-bond donors (Lipinski definition) is 4. The second-order valence-corrected chi connectivity index (χ2v) is 11.1. The van der Waals surface area contributed by atoms with Crippen molar-refractivity contribution in [2.24, 2.45) is 11.8 Å². The molecule has 1 aromatic carbocycles. The average Bonchev–Trinajstić information content (AvgIpc) is 3.66. The Morgan fingerprint density at radius 1 is 1.18 bits per heavy atom. The summed E-state index contributed by atoms with van der Waals surface area (Å²) in [7, 11) is 0. The maximum absolute atomic E-state index is 15.5. The first-order valence-corrected chi connectivity index (χ1v) is 13.7. The van der Waals surface area contributed by atoms with Gasteiger partial charge in [-0.05, 0) is 76.3 Å². The van der Waals surface area contributed by atoms with Crippen molar-refractivity contribution in [1.82, 2.24) is 25.6 Å². The van der Waals surface area contributed by atoms with Crippen molar-refractivity contribution in [3.05, 3.63) is 41.1 Å².